The molecule has 4 fully saturated rings. The Morgan fingerprint density at radius 2 is 1.69 bits per heavy atom. The normalized spacial score (nSPS) is 35.3. The summed E-state index contributed by atoms with van der Waals surface area (Å²) >= 11 is 0. The number of piperidine rings is 1. The molecule has 1 amide bonds. The molecule has 0 unspecified atom stereocenters. The van der Waals surface area contributed by atoms with Gasteiger partial charge in [0.15, 0.2) is 0 Å². The van der Waals surface area contributed by atoms with Gasteiger partial charge in [0, 0.05) is 39.3 Å². The van der Waals surface area contributed by atoms with Gasteiger partial charge in [-0.1, -0.05) is 6.92 Å². The van der Waals surface area contributed by atoms with Crippen molar-refractivity contribution in [3.05, 3.63) is 0 Å². The van der Waals surface area contributed by atoms with Gasteiger partial charge in [0.1, 0.15) is 0 Å². The van der Waals surface area contributed by atoms with E-state index in [9.17, 15) is 13.2 Å². The third kappa shape index (κ3) is 2.81. The first-order chi connectivity index (χ1) is 12.3. The zero-order valence-electron chi connectivity index (χ0n) is 16.2. The van der Waals surface area contributed by atoms with Crippen molar-refractivity contribution < 1.29 is 13.2 Å². The highest BCUT2D eigenvalue weighted by Gasteiger charge is 2.64. The summed E-state index contributed by atoms with van der Waals surface area (Å²) in [5.74, 6) is 0.795. The number of sulfonamides is 1. The van der Waals surface area contributed by atoms with Gasteiger partial charge in [-0.2, -0.15) is 0 Å². The van der Waals surface area contributed by atoms with Gasteiger partial charge in [0.2, 0.25) is 15.9 Å². The lowest BCUT2D eigenvalue weighted by Crippen LogP contribution is -2.50. The molecule has 4 rings (SSSR count). The van der Waals surface area contributed by atoms with E-state index in [1.807, 2.05) is 0 Å². The Labute approximate surface area is 157 Å². The second-order valence-corrected chi connectivity index (χ2v) is 11.0. The Morgan fingerprint density at radius 3 is 2.27 bits per heavy atom. The molecule has 4 aliphatic rings. The second kappa shape index (κ2) is 6.45. The van der Waals surface area contributed by atoms with Gasteiger partial charge in [0.05, 0.1) is 11.7 Å². The quantitative estimate of drug-likeness (QED) is 0.739. The van der Waals surface area contributed by atoms with Gasteiger partial charge in [-0.05, 0) is 56.4 Å². The van der Waals surface area contributed by atoms with Crippen molar-refractivity contribution in [1.82, 2.24) is 14.1 Å². The number of carbonyl (C=O) groups is 1. The predicted octanol–water partition coefficient (Wildman–Crippen LogP) is 1.38. The maximum atomic E-state index is 13.6. The Hall–Kier alpha value is -0.660. The first-order valence-corrected chi connectivity index (χ1v) is 12.1. The first-order valence-electron chi connectivity index (χ1n) is 10.3. The number of likely N-dealkylation sites (tertiary alicyclic amines) is 2. The van der Waals surface area contributed by atoms with Crippen LogP contribution in [0.25, 0.3) is 0 Å². The van der Waals surface area contributed by atoms with E-state index in [-0.39, 0.29) is 10.8 Å². The lowest BCUT2D eigenvalue weighted by Gasteiger charge is -2.44. The van der Waals surface area contributed by atoms with Crippen molar-refractivity contribution in [2.75, 3.05) is 52.1 Å². The van der Waals surface area contributed by atoms with Crippen LogP contribution in [0.5, 0.6) is 0 Å². The van der Waals surface area contributed by atoms with E-state index in [2.05, 4.69) is 16.7 Å². The van der Waals surface area contributed by atoms with Crippen LogP contribution in [0.4, 0.5) is 0 Å². The predicted molar refractivity (Wildman–Crippen MR) is 101 cm³/mol. The summed E-state index contributed by atoms with van der Waals surface area (Å²) in [5, 5.41) is 0. The minimum absolute atomic E-state index is 0.153. The van der Waals surface area contributed by atoms with E-state index in [0.29, 0.717) is 24.9 Å². The summed E-state index contributed by atoms with van der Waals surface area (Å²) in [6.45, 7) is 8.19. The Morgan fingerprint density at radius 1 is 1.04 bits per heavy atom. The van der Waals surface area contributed by atoms with Gasteiger partial charge in [-0.25, -0.2) is 12.7 Å². The fourth-order valence-electron chi connectivity index (χ4n) is 6.35. The van der Waals surface area contributed by atoms with E-state index in [4.69, 9.17) is 0 Å². The molecule has 3 aliphatic heterocycles. The summed E-state index contributed by atoms with van der Waals surface area (Å²) in [6.07, 6.45) is 7.50. The molecular formula is C19H33N3O3S. The van der Waals surface area contributed by atoms with Crippen molar-refractivity contribution >= 4 is 15.9 Å². The van der Waals surface area contributed by atoms with Gasteiger partial charge in [0.25, 0.3) is 0 Å². The number of hydrogen-bond donors (Lipinski definition) is 0. The number of carbonyl (C=O) groups excluding carboxylic acids is 1. The lowest BCUT2D eigenvalue weighted by molar-refractivity contribution is -0.142. The van der Waals surface area contributed by atoms with Crippen molar-refractivity contribution in [3.8, 4) is 0 Å². The smallest absolute Gasteiger partial charge is 0.230 e. The zero-order valence-corrected chi connectivity index (χ0v) is 17.1. The summed E-state index contributed by atoms with van der Waals surface area (Å²) in [7, 11) is -3.11. The van der Waals surface area contributed by atoms with E-state index in [1.54, 1.807) is 4.31 Å². The van der Waals surface area contributed by atoms with Crippen LogP contribution in [0, 0.1) is 16.7 Å². The topological polar surface area (TPSA) is 60.9 Å². The molecule has 3 heterocycles. The molecule has 2 atom stereocenters. The van der Waals surface area contributed by atoms with Gasteiger partial charge in [-0.3, -0.25) is 4.79 Å². The van der Waals surface area contributed by atoms with Crippen LogP contribution < -0.4 is 0 Å². The lowest BCUT2D eigenvalue weighted by atomic mass is 9.66. The molecule has 0 aromatic carbocycles. The number of fused-ring (bicyclic) bond motifs is 2. The molecule has 0 aromatic heterocycles. The monoisotopic (exact) mass is 383 g/mol. The highest BCUT2D eigenvalue weighted by molar-refractivity contribution is 7.88. The molecule has 1 saturated carbocycles. The van der Waals surface area contributed by atoms with Crippen LogP contribution in [0.3, 0.4) is 0 Å². The second-order valence-electron chi connectivity index (χ2n) is 9.06. The van der Waals surface area contributed by atoms with Crippen LogP contribution in [0.15, 0.2) is 0 Å². The molecule has 148 valence electrons. The molecule has 3 saturated heterocycles. The highest BCUT2D eigenvalue weighted by Crippen LogP contribution is 2.62. The molecule has 1 spiro atoms. The fourth-order valence-corrected chi connectivity index (χ4v) is 7.19. The van der Waals surface area contributed by atoms with Crippen molar-refractivity contribution in [1.29, 1.82) is 0 Å². The molecule has 0 bridgehead atoms. The van der Waals surface area contributed by atoms with E-state index in [1.165, 1.54) is 6.26 Å². The van der Waals surface area contributed by atoms with Crippen LogP contribution in [-0.2, 0) is 14.8 Å². The number of nitrogens with zero attached hydrogens (tertiary/aromatic N) is 3. The van der Waals surface area contributed by atoms with Crippen molar-refractivity contribution in [3.63, 3.8) is 0 Å². The highest BCUT2D eigenvalue weighted by atomic mass is 32.2. The largest absolute Gasteiger partial charge is 0.342 e. The van der Waals surface area contributed by atoms with Crippen LogP contribution in [0.2, 0.25) is 0 Å². The van der Waals surface area contributed by atoms with E-state index in [0.717, 1.165) is 71.2 Å². The number of amides is 1. The molecule has 1 aliphatic carbocycles. The average Bonchev–Trinajstić information content (AvgIpc) is 3.31. The molecule has 0 N–H and O–H groups in total. The average molecular weight is 384 g/mol. The summed E-state index contributed by atoms with van der Waals surface area (Å²) in [6, 6.07) is 0. The zero-order chi connectivity index (χ0) is 18.6. The number of hydrogen-bond acceptors (Lipinski definition) is 4. The summed E-state index contributed by atoms with van der Waals surface area (Å²) in [5.41, 5.74) is -0.0614. The van der Waals surface area contributed by atoms with Crippen LogP contribution in [-0.4, -0.2) is 80.5 Å². The van der Waals surface area contributed by atoms with Crippen molar-refractivity contribution in [2.24, 2.45) is 16.7 Å². The third-order valence-electron chi connectivity index (χ3n) is 7.88. The third-order valence-corrected chi connectivity index (χ3v) is 9.18. The minimum Gasteiger partial charge on any atom is -0.342 e. The first kappa shape index (κ1) is 18.7. The van der Waals surface area contributed by atoms with Crippen LogP contribution >= 0.6 is 0 Å². The SMILES string of the molecule is CCN1C[C@H]2C3(CCN(S(C)(=O)=O)CC3)CC[C@@]2(C(=O)N2CCCC2)C1. The maximum Gasteiger partial charge on any atom is 0.230 e. The van der Waals surface area contributed by atoms with E-state index < -0.39 is 10.0 Å². The number of rotatable bonds is 3. The maximum absolute atomic E-state index is 13.6. The Bertz CT molecular complexity index is 666. The minimum atomic E-state index is -3.11. The molecule has 0 aromatic rings. The molecule has 0 radical (unpaired) electrons. The molecule has 26 heavy (non-hydrogen) atoms. The van der Waals surface area contributed by atoms with Gasteiger partial charge in [-0.15, -0.1) is 0 Å². The van der Waals surface area contributed by atoms with Crippen molar-refractivity contribution in [2.45, 2.75) is 45.4 Å². The fraction of sp³-hybridized carbons (Fsp3) is 0.947. The Kier molecular flexibility index (Phi) is 4.64. The summed E-state index contributed by atoms with van der Waals surface area (Å²) < 4.78 is 25.5. The van der Waals surface area contributed by atoms with E-state index >= 15 is 0 Å². The molecule has 6 nitrogen and oxygen atoms in total. The summed E-state index contributed by atoms with van der Waals surface area (Å²) in [4.78, 5) is 18.1. The van der Waals surface area contributed by atoms with Gasteiger partial charge < -0.3 is 9.80 Å². The van der Waals surface area contributed by atoms with Crippen LogP contribution in [0.1, 0.15) is 45.4 Å². The standard InChI is InChI=1S/C19H33N3O3S/c1-3-20-14-16-18(8-12-22(13-9-18)26(2,24)25)6-7-19(16,15-20)17(23)21-10-4-5-11-21/h16H,3-15H2,1-2H3/t16-,19+/m0/s1. The molecular weight excluding hydrogens is 350 g/mol. The molecule has 7 heteroatoms. The van der Waals surface area contributed by atoms with Gasteiger partial charge >= 0.3 is 0 Å². The Balaban J connectivity index is 1.59.